The third kappa shape index (κ3) is 3.34. The van der Waals surface area contributed by atoms with Crippen LogP contribution in [-0.4, -0.2) is 23.0 Å². The molecule has 0 aliphatic heterocycles. The molecule has 0 atom stereocenters. The number of nitro groups is 1. The molecular weight excluding hydrogens is 281 g/mol. The standard InChI is InChI=1S/C11H11Cl2NO4/c1-11(2,14(16)17)6-18-10(15)9-7(12)4-3-5-8(9)13/h3-5H,6H2,1-2H3. The quantitative estimate of drug-likeness (QED) is 0.485. The van der Waals surface area contributed by atoms with E-state index in [2.05, 4.69) is 0 Å². The Kier molecular flexibility index (Phi) is 4.53. The average Bonchev–Trinajstić information content (AvgIpc) is 2.26. The van der Waals surface area contributed by atoms with E-state index in [0.717, 1.165) is 0 Å². The highest BCUT2D eigenvalue weighted by atomic mass is 35.5. The van der Waals surface area contributed by atoms with Crippen LogP contribution in [0.2, 0.25) is 10.0 Å². The summed E-state index contributed by atoms with van der Waals surface area (Å²) in [5.74, 6) is -0.777. The van der Waals surface area contributed by atoms with Crippen LogP contribution < -0.4 is 0 Å². The molecule has 0 amide bonds. The fourth-order valence-electron chi connectivity index (χ4n) is 1.06. The average molecular weight is 292 g/mol. The number of carbonyl (C=O) groups excluding carboxylic acids is 1. The molecule has 0 saturated heterocycles. The molecule has 0 radical (unpaired) electrons. The maximum absolute atomic E-state index is 11.7. The summed E-state index contributed by atoms with van der Waals surface area (Å²) in [6, 6.07) is 4.56. The van der Waals surface area contributed by atoms with E-state index in [-0.39, 0.29) is 22.2 Å². The van der Waals surface area contributed by atoms with E-state index in [9.17, 15) is 14.9 Å². The normalized spacial score (nSPS) is 11.1. The van der Waals surface area contributed by atoms with Gasteiger partial charge in [-0.1, -0.05) is 29.3 Å². The maximum atomic E-state index is 11.7. The molecule has 0 unspecified atom stereocenters. The molecule has 0 saturated carbocycles. The number of carbonyl (C=O) groups is 1. The maximum Gasteiger partial charge on any atom is 0.341 e. The number of halogens is 2. The Balaban J connectivity index is 2.82. The minimum Gasteiger partial charge on any atom is -0.454 e. The summed E-state index contributed by atoms with van der Waals surface area (Å²) in [4.78, 5) is 21.9. The van der Waals surface area contributed by atoms with Gasteiger partial charge in [0.05, 0.1) is 15.6 Å². The second kappa shape index (κ2) is 5.54. The SMILES string of the molecule is CC(C)(COC(=O)c1c(Cl)cccc1Cl)[N+](=O)[O-]. The smallest absolute Gasteiger partial charge is 0.341 e. The first-order valence-corrected chi connectivity index (χ1v) is 5.77. The van der Waals surface area contributed by atoms with Crippen LogP contribution in [0.5, 0.6) is 0 Å². The third-order valence-corrected chi connectivity index (χ3v) is 2.85. The topological polar surface area (TPSA) is 69.4 Å². The van der Waals surface area contributed by atoms with Gasteiger partial charge in [-0.2, -0.15) is 0 Å². The van der Waals surface area contributed by atoms with Gasteiger partial charge in [0.15, 0.2) is 6.61 Å². The van der Waals surface area contributed by atoms with Crippen LogP contribution in [0, 0.1) is 10.1 Å². The van der Waals surface area contributed by atoms with Gasteiger partial charge in [0.25, 0.3) is 0 Å². The van der Waals surface area contributed by atoms with Gasteiger partial charge in [-0.05, 0) is 12.1 Å². The van der Waals surface area contributed by atoms with Crippen molar-refractivity contribution < 1.29 is 14.5 Å². The predicted molar refractivity (Wildman–Crippen MR) is 67.8 cm³/mol. The molecule has 1 rings (SSSR count). The molecule has 0 fully saturated rings. The van der Waals surface area contributed by atoms with Crippen molar-refractivity contribution in [1.29, 1.82) is 0 Å². The van der Waals surface area contributed by atoms with Crippen LogP contribution in [0.15, 0.2) is 18.2 Å². The second-order valence-corrected chi connectivity index (χ2v) is 5.06. The molecule has 98 valence electrons. The van der Waals surface area contributed by atoms with Crippen LogP contribution in [0.25, 0.3) is 0 Å². The van der Waals surface area contributed by atoms with Gasteiger partial charge in [-0.25, -0.2) is 4.79 Å². The highest BCUT2D eigenvalue weighted by Gasteiger charge is 2.33. The first-order chi connectivity index (χ1) is 8.25. The molecule has 1 aromatic rings. The van der Waals surface area contributed by atoms with E-state index in [1.807, 2.05) is 0 Å². The summed E-state index contributed by atoms with van der Waals surface area (Å²) in [7, 11) is 0. The Morgan fingerprint density at radius 1 is 1.39 bits per heavy atom. The lowest BCUT2D eigenvalue weighted by Crippen LogP contribution is -2.37. The van der Waals surface area contributed by atoms with Crippen molar-refractivity contribution in [3.05, 3.63) is 43.9 Å². The molecule has 0 aliphatic rings. The molecule has 18 heavy (non-hydrogen) atoms. The molecule has 0 aliphatic carbocycles. The van der Waals surface area contributed by atoms with E-state index in [0.29, 0.717) is 0 Å². The monoisotopic (exact) mass is 291 g/mol. The van der Waals surface area contributed by atoms with Gasteiger partial charge in [-0.15, -0.1) is 0 Å². The largest absolute Gasteiger partial charge is 0.454 e. The Bertz CT molecular complexity index is 468. The van der Waals surface area contributed by atoms with Gasteiger partial charge in [-0.3, -0.25) is 10.1 Å². The van der Waals surface area contributed by atoms with Crippen molar-refractivity contribution in [1.82, 2.24) is 0 Å². The van der Waals surface area contributed by atoms with E-state index in [1.54, 1.807) is 6.07 Å². The molecule has 1 aromatic carbocycles. The summed E-state index contributed by atoms with van der Waals surface area (Å²) in [5, 5.41) is 11.0. The van der Waals surface area contributed by atoms with Crippen molar-refractivity contribution in [2.24, 2.45) is 0 Å². The Labute approximate surface area is 114 Å². The Morgan fingerprint density at radius 3 is 2.33 bits per heavy atom. The minimum atomic E-state index is -1.36. The van der Waals surface area contributed by atoms with E-state index < -0.39 is 16.4 Å². The molecule has 0 bridgehead atoms. The molecule has 0 aromatic heterocycles. The number of esters is 1. The van der Waals surface area contributed by atoms with Crippen LogP contribution >= 0.6 is 23.2 Å². The Hall–Kier alpha value is -1.33. The predicted octanol–water partition coefficient (Wildman–Crippen LogP) is 3.21. The highest BCUT2D eigenvalue weighted by Crippen LogP contribution is 2.25. The zero-order valence-corrected chi connectivity index (χ0v) is 11.3. The zero-order chi connectivity index (χ0) is 13.9. The second-order valence-electron chi connectivity index (χ2n) is 4.24. The van der Waals surface area contributed by atoms with Crippen LogP contribution in [-0.2, 0) is 4.74 Å². The highest BCUT2D eigenvalue weighted by molar-refractivity contribution is 6.39. The first-order valence-electron chi connectivity index (χ1n) is 5.01. The summed E-state index contributed by atoms with van der Waals surface area (Å²) < 4.78 is 4.87. The summed E-state index contributed by atoms with van der Waals surface area (Å²) in [5.41, 5.74) is -1.34. The lowest BCUT2D eigenvalue weighted by Gasteiger charge is -2.15. The fourth-order valence-corrected chi connectivity index (χ4v) is 1.61. The van der Waals surface area contributed by atoms with Crippen molar-refractivity contribution in [3.8, 4) is 0 Å². The summed E-state index contributed by atoms with van der Waals surface area (Å²) in [6.45, 7) is 2.35. The molecule has 0 spiro atoms. The molecular formula is C11H11Cl2NO4. The molecule has 0 N–H and O–H groups in total. The number of rotatable bonds is 4. The zero-order valence-electron chi connectivity index (χ0n) is 9.78. The van der Waals surface area contributed by atoms with Crippen LogP contribution in [0.4, 0.5) is 0 Å². The van der Waals surface area contributed by atoms with Gasteiger partial charge in [0, 0.05) is 18.8 Å². The number of hydrogen-bond acceptors (Lipinski definition) is 4. The van der Waals surface area contributed by atoms with Gasteiger partial charge in [0.2, 0.25) is 5.54 Å². The van der Waals surface area contributed by atoms with Crippen molar-refractivity contribution in [2.45, 2.75) is 19.4 Å². The minimum absolute atomic E-state index is 0.0139. The van der Waals surface area contributed by atoms with Crippen LogP contribution in [0.1, 0.15) is 24.2 Å². The van der Waals surface area contributed by atoms with E-state index >= 15 is 0 Å². The van der Waals surface area contributed by atoms with E-state index in [4.69, 9.17) is 27.9 Å². The number of nitrogens with zero attached hydrogens (tertiary/aromatic N) is 1. The van der Waals surface area contributed by atoms with Crippen molar-refractivity contribution in [3.63, 3.8) is 0 Å². The van der Waals surface area contributed by atoms with Crippen molar-refractivity contribution >= 4 is 29.2 Å². The fraction of sp³-hybridized carbons (Fsp3) is 0.364. The Morgan fingerprint density at radius 2 is 1.89 bits per heavy atom. The van der Waals surface area contributed by atoms with Gasteiger partial charge in [0.1, 0.15) is 0 Å². The number of benzene rings is 1. The molecule has 5 nitrogen and oxygen atoms in total. The third-order valence-electron chi connectivity index (χ3n) is 2.22. The van der Waals surface area contributed by atoms with E-state index in [1.165, 1.54) is 26.0 Å². The molecule has 0 heterocycles. The lowest BCUT2D eigenvalue weighted by molar-refractivity contribution is -0.563. The number of ether oxygens (including phenoxy) is 1. The summed E-state index contributed by atoms with van der Waals surface area (Å²) >= 11 is 11.6. The van der Waals surface area contributed by atoms with Gasteiger partial charge < -0.3 is 4.74 Å². The molecule has 7 heteroatoms. The lowest BCUT2D eigenvalue weighted by atomic mass is 10.1. The van der Waals surface area contributed by atoms with Crippen LogP contribution in [0.3, 0.4) is 0 Å². The van der Waals surface area contributed by atoms with Crippen molar-refractivity contribution in [2.75, 3.05) is 6.61 Å². The van der Waals surface area contributed by atoms with Gasteiger partial charge >= 0.3 is 5.97 Å². The summed E-state index contributed by atoms with van der Waals surface area (Å²) in [6.07, 6.45) is 0. The number of hydrogen-bond donors (Lipinski definition) is 0. The first kappa shape index (κ1) is 14.7.